The number of hydrogen-bond donors (Lipinski definition) is 0. The number of likely N-dealkylation sites (tertiary alicyclic amines) is 1. The molecule has 1 aliphatic heterocycles. The predicted molar refractivity (Wildman–Crippen MR) is 84.9 cm³/mol. The number of aromatic nitrogens is 4. The molecule has 24 heavy (non-hydrogen) atoms. The fourth-order valence-corrected chi connectivity index (χ4v) is 2.54. The summed E-state index contributed by atoms with van der Waals surface area (Å²) in [6.45, 7) is 2.99. The molecule has 0 spiro atoms. The van der Waals surface area contributed by atoms with Crippen molar-refractivity contribution in [1.82, 2.24) is 24.8 Å². The van der Waals surface area contributed by atoms with Crippen molar-refractivity contribution in [3.63, 3.8) is 0 Å². The molecule has 0 aromatic carbocycles. The van der Waals surface area contributed by atoms with E-state index in [9.17, 15) is 4.79 Å². The third kappa shape index (κ3) is 3.76. The second-order valence-electron chi connectivity index (χ2n) is 5.58. The second kappa shape index (κ2) is 7.20. The molecular weight excluding hydrogens is 310 g/mol. The first-order valence-electron chi connectivity index (χ1n) is 7.76. The van der Waals surface area contributed by atoms with Gasteiger partial charge in [-0.2, -0.15) is 4.98 Å². The molecule has 3 rings (SSSR count). The average Bonchev–Trinajstić information content (AvgIpc) is 2.62. The highest BCUT2D eigenvalue weighted by Gasteiger charge is 2.27. The number of ether oxygens (including phenoxy) is 2. The van der Waals surface area contributed by atoms with E-state index in [1.807, 2.05) is 6.92 Å². The molecule has 2 aromatic rings. The van der Waals surface area contributed by atoms with Gasteiger partial charge < -0.3 is 14.4 Å². The summed E-state index contributed by atoms with van der Waals surface area (Å²) in [6.07, 6.45) is 7.72. The molecule has 126 valence electrons. The Hall–Kier alpha value is -2.77. The number of piperidine rings is 1. The molecule has 1 amide bonds. The molecule has 1 saturated heterocycles. The molecule has 0 aliphatic carbocycles. The summed E-state index contributed by atoms with van der Waals surface area (Å²) in [7, 11) is 1.53. The smallest absolute Gasteiger partial charge is 0.274 e. The van der Waals surface area contributed by atoms with Gasteiger partial charge in [0.1, 0.15) is 11.8 Å². The zero-order chi connectivity index (χ0) is 16.9. The van der Waals surface area contributed by atoms with Crippen LogP contribution >= 0.6 is 0 Å². The minimum absolute atomic E-state index is 0.132. The molecule has 0 bridgehead atoms. The van der Waals surface area contributed by atoms with Gasteiger partial charge in [-0.05, 0) is 19.8 Å². The molecule has 0 saturated carbocycles. The van der Waals surface area contributed by atoms with Crippen molar-refractivity contribution in [2.75, 3.05) is 20.2 Å². The number of carbonyl (C=O) groups excluding carboxylic acids is 1. The van der Waals surface area contributed by atoms with E-state index < -0.39 is 0 Å². The largest absolute Gasteiger partial charge is 0.480 e. The molecule has 0 radical (unpaired) electrons. The van der Waals surface area contributed by atoms with Crippen LogP contribution in [0, 0.1) is 6.92 Å². The summed E-state index contributed by atoms with van der Waals surface area (Å²) in [5.74, 6) is 0.655. The highest BCUT2D eigenvalue weighted by atomic mass is 16.5. The first-order valence-corrected chi connectivity index (χ1v) is 7.76. The Kier molecular flexibility index (Phi) is 4.83. The zero-order valence-electron chi connectivity index (χ0n) is 13.7. The van der Waals surface area contributed by atoms with E-state index >= 15 is 0 Å². The molecule has 8 heteroatoms. The third-order valence-electron chi connectivity index (χ3n) is 3.75. The van der Waals surface area contributed by atoms with Crippen LogP contribution in [0.4, 0.5) is 0 Å². The molecular formula is C16H19N5O3. The molecule has 0 unspecified atom stereocenters. The number of carbonyl (C=O) groups is 1. The Bertz CT molecular complexity index is 707. The Labute approximate surface area is 139 Å². The SMILES string of the molecule is COc1cncc(O[C@@H]2CCCN(C(=O)c3cnc(C)cn3)C2)n1. The van der Waals surface area contributed by atoms with Crippen molar-refractivity contribution in [2.24, 2.45) is 0 Å². The lowest BCUT2D eigenvalue weighted by Crippen LogP contribution is -2.44. The van der Waals surface area contributed by atoms with Gasteiger partial charge in [0, 0.05) is 12.7 Å². The zero-order valence-corrected chi connectivity index (χ0v) is 13.7. The fraction of sp³-hybridized carbons (Fsp3) is 0.438. The lowest BCUT2D eigenvalue weighted by Gasteiger charge is -2.32. The molecule has 1 atom stereocenters. The summed E-state index contributed by atoms with van der Waals surface area (Å²) < 4.78 is 10.9. The fourth-order valence-electron chi connectivity index (χ4n) is 2.54. The van der Waals surface area contributed by atoms with E-state index in [0.29, 0.717) is 30.5 Å². The van der Waals surface area contributed by atoms with Crippen LogP contribution in [0.3, 0.4) is 0 Å². The molecule has 1 fully saturated rings. The van der Waals surface area contributed by atoms with Crippen molar-refractivity contribution in [3.05, 3.63) is 36.2 Å². The van der Waals surface area contributed by atoms with Crippen molar-refractivity contribution >= 4 is 5.91 Å². The number of amides is 1. The van der Waals surface area contributed by atoms with Crippen molar-refractivity contribution in [1.29, 1.82) is 0 Å². The average molecular weight is 329 g/mol. The van der Waals surface area contributed by atoms with Gasteiger partial charge in [-0.15, -0.1) is 0 Å². The topological polar surface area (TPSA) is 90.3 Å². The molecule has 0 N–H and O–H groups in total. The van der Waals surface area contributed by atoms with E-state index in [2.05, 4.69) is 19.9 Å². The number of hydrogen-bond acceptors (Lipinski definition) is 7. The molecule has 3 heterocycles. The Balaban J connectivity index is 1.65. The van der Waals surface area contributed by atoms with Crippen LogP contribution in [-0.4, -0.2) is 57.0 Å². The Morgan fingerprint density at radius 2 is 2.04 bits per heavy atom. The molecule has 8 nitrogen and oxygen atoms in total. The van der Waals surface area contributed by atoms with Gasteiger partial charge in [0.25, 0.3) is 5.91 Å². The number of methoxy groups -OCH3 is 1. The first kappa shape index (κ1) is 16.1. The van der Waals surface area contributed by atoms with E-state index in [1.54, 1.807) is 11.1 Å². The first-order chi connectivity index (χ1) is 11.7. The highest BCUT2D eigenvalue weighted by molar-refractivity contribution is 5.92. The summed E-state index contributed by atoms with van der Waals surface area (Å²) in [4.78, 5) is 30.8. The van der Waals surface area contributed by atoms with E-state index in [-0.39, 0.29) is 12.0 Å². The predicted octanol–water partition coefficient (Wildman–Crippen LogP) is 1.27. The second-order valence-corrected chi connectivity index (χ2v) is 5.58. The van der Waals surface area contributed by atoms with Crippen LogP contribution < -0.4 is 9.47 Å². The van der Waals surface area contributed by atoms with Gasteiger partial charge in [-0.1, -0.05) is 0 Å². The van der Waals surface area contributed by atoms with Gasteiger partial charge in [-0.25, -0.2) is 4.98 Å². The van der Waals surface area contributed by atoms with Gasteiger partial charge >= 0.3 is 0 Å². The minimum atomic E-state index is -0.137. The quantitative estimate of drug-likeness (QED) is 0.834. The van der Waals surface area contributed by atoms with Crippen LogP contribution in [-0.2, 0) is 0 Å². The maximum Gasteiger partial charge on any atom is 0.274 e. The van der Waals surface area contributed by atoms with Crippen molar-refractivity contribution in [3.8, 4) is 11.8 Å². The van der Waals surface area contributed by atoms with E-state index in [4.69, 9.17) is 9.47 Å². The Morgan fingerprint density at radius 3 is 2.79 bits per heavy atom. The van der Waals surface area contributed by atoms with Crippen LogP contribution in [0.2, 0.25) is 0 Å². The standard InChI is InChI=1S/C16H19N5O3/c1-11-6-19-13(7-18-11)16(22)21-5-3-4-12(10-21)24-15-9-17-8-14(20-15)23-2/h6-9,12H,3-5,10H2,1-2H3/t12-/m1/s1. The Morgan fingerprint density at radius 1 is 1.21 bits per heavy atom. The van der Waals surface area contributed by atoms with Gasteiger partial charge in [0.15, 0.2) is 0 Å². The normalized spacial score (nSPS) is 17.4. The summed E-state index contributed by atoms with van der Waals surface area (Å²) in [5, 5.41) is 0. The van der Waals surface area contributed by atoms with Crippen LogP contribution in [0.5, 0.6) is 11.8 Å². The third-order valence-corrected chi connectivity index (χ3v) is 3.75. The molecule has 1 aliphatic rings. The van der Waals surface area contributed by atoms with Crippen LogP contribution in [0.25, 0.3) is 0 Å². The maximum absolute atomic E-state index is 12.5. The van der Waals surface area contributed by atoms with Crippen molar-refractivity contribution < 1.29 is 14.3 Å². The van der Waals surface area contributed by atoms with E-state index in [0.717, 1.165) is 18.5 Å². The number of nitrogens with zero attached hydrogens (tertiary/aromatic N) is 5. The lowest BCUT2D eigenvalue weighted by atomic mass is 10.1. The van der Waals surface area contributed by atoms with E-state index in [1.165, 1.54) is 25.7 Å². The highest BCUT2D eigenvalue weighted by Crippen LogP contribution is 2.19. The van der Waals surface area contributed by atoms with Crippen LogP contribution in [0.15, 0.2) is 24.8 Å². The maximum atomic E-state index is 12.5. The van der Waals surface area contributed by atoms with Crippen molar-refractivity contribution in [2.45, 2.75) is 25.9 Å². The monoisotopic (exact) mass is 329 g/mol. The lowest BCUT2D eigenvalue weighted by molar-refractivity contribution is 0.0519. The molecule has 2 aromatic heterocycles. The van der Waals surface area contributed by atoms with Gasteiger partial charge in [0.05, 0.1) is 37.9 Å². The van der Waals surface area contributed by atoms with Gasteiger partial charge in [0.2, 0.25) is 11.8 Å². The van der Waals surface area contributed by atoms with Crippen LogP contribution in [0.1, 0.15) is 29.0 Å². The number of rotatable bonds is 4. The minimum Gasteiger partial charge on any atom is -0.480 e. The van der Waals surface area contributed by atoms with Gasteiger partial charge in [-0.3, -0.25) is 14.8 Å². The summed E-state index contributed by atoms with van der Waals surface area (Å²) in [5.41, 5.74) is 1.13. The summed E-state index contributed by atoms with van der Waals surface area (Å²) >= 11 is 0. The summed E-state index contributed by atoms with van der Waals surface area (Å²) in [6, 6.07) is 0. The number of aryl methyl sites for hydroxylation is 1.